The number of hydrogen-bond acceptors (Lipinski definition) is 6. The van der Waals surface area contributed by atoms with E-state index in [2.05, 4.69) is 39.6 Å². The molecule has 2 aromatic heterocycles. The van der Waals surface area contributed by atoms with Crippen molar-refractivity contribution in [2.24, 2.45) is 0 Å². The molecule has 2 fully saturated rings. The number of hydrogen-bond donors (Lipinski definition) is 0. The molecule has 0 atom stereocenters. The molecule has 0 radical (unpaired) electrons. The van der Waals surface area contributed by atoms with Gasteiger partial charge >= 0.3 is 0 Å². The second-order valence-electron chi connectivity index (χ2n) is 7.60. The largest absolute Gasteiger partial charge is 0.356 e. The van der Waals surface area contributed by atoms with E-state index in [-0.39, 0.29) is 0 Å². The van der Waals surface area contributed by atoms with Crippen LogP contribution in [0, 0.1) is 6.92 Å². The third kappa shape index (κ3) is 3.48. The molecule has 2 aliphatic heterocycles. The molecule has 7 nitrogen and oxygen atoms in total. The molecule has 0 spiro atoms. The van der Waals surface area contributed by atoms with Gasteiger partial charge in [-0.15, -0.1) is 5.10 Å². The van der Waals surface area contributed by atoms with Crippen molar-refractivity contribution in [3.05, 3.63) is 17.6 Å². The van der Waals surface area contributed by atoms with Crippen molar-refractivity contribution in [1.29, 1.82) is 0 Å². The molecule has 0 aromatic carbocycles. The van der Waals surface area contributed by atoms with E-state index in [9.17, 15) is 0 Å². The number of nitrogens with zero attached hydrogens (tertiary/aromatic N) is 7. The summed E-state index contributed by atoms with van der Waals surface area (Å²) in [6.07, 6.45) is 2.51. The van der Waals surface area contributed by atoms with Crippen molar-refractivity contribution in [1.82, 2.24) is 29.4 Å². The van der Waals surface area contributed by atoms with E-state index >= 15 is 0 Å². The first-order valence-corrected chi connectivity index (χ1v) is 9.55. The van der Waals surface area contributed by atoms with Crippen LogP contribution in [0.2, 0.25) is 0 Å². The highest BCUT2D eigenvalue weighted by Gasteiger charge is 2.22. The second kappa shape index (κ2) is 6.88. The first-order valence-electron chi connectivity index (χ1n) is 9.55. The molecular formula is C18H29N7. The Bertz CT molecular complexity index is 724. The van der Waals surface area contributed by atoms with Gasteiger partial charge in [0.25, 0.3) is 5.78 Å². The van der Waals surface area contributed by atoms with Crippen LogP contribution in [0.1, 0.15) is 38.2 Å². The normalized spacial score (nSPS) is 20.2. The maximum Gasteiger partial charge on any atom is 0.254 e. The zero-order valence-electron chi connectivity index (χ0n) is 15.6. The van der Waals surface area contributed by atoms with Gasteiger partial charge in [-0.05, 0) is 33.6 Å². The smallest absolute Gasteiger partial charge is 0.254 e. The van der Waals surface area contributed by atoms with Crippen LogP contribution in [0.4, 0.5) is 5.82 Å². The molecule has 0 N–H and O–H groups in total. The Labute approximate surface area is 149 Å². The van der Waals surface area contributed by atoms with Crippen LogP contribution >= 0.6 is 0 Å². The van der Waals surface area contributed by atoms with Gasteiger partial charge in [-0.1, -0.05) is 0 Å². The van der Waals surface area contributed by atoms with E-state index in [1.165, 1.54) is 12.8 Å². The van der Waals surface area contributed by atoms with E-state index < -0.39 is 0 Å². The topological polar surface area (TPSA) is 52.8 Å². The third-order valence-corrected chi connectivity index (χ3v) is 5.40. The summed E-state index contributed by atoms with van der Waals surface area (Å²) in [6.45, 7) is 14.0. The Morgan fingerprint density at radius 2 is 1.72 bits per heavy atom. The van der Waals surface area contributed by atoms with Crippen LogP contribution in [0.5, 0.6) is 0 Å². The summed E-state index contributed by atoms with van der Waals surface area (Å²) in [5.41, 5.74) is 1.01. The quantitative estimate of drug-likeness (QED) is 0.840. The van der Waals surface area contributed by atoms with Crippen molar-refractivity contribution in [3.8, 4) is 0 Å². The lowest BCUT2D eigenvalue weighted by molar-refractivity contribution is 0.102. The number of anilines is 1. The summed E-state index contributed by atoms with van der Waals surface area (Å²) in [6, 6.07) is 2.77. The molecule has 25 heavy (non-hydrogen) atoms. The van der Waals surface area contributed by atoms with Crippen LogP contribution in [0.15, 0.2) is 6.07 Å². The third-order valence-electron chi connectivity index (χ3n) is 5.40. The minimum Gasteiger partial charge on any atom is -0.356 e. The summed E-state index contributed by atoms with van der Waals surface area (Å²) in [4.78, 5) is 16.7. The molecule has 4 rings (SSSR count). The predicted molar refractivity (Wildman–Crippen MR) is 99.0 cm³/mol. The molecule has 136 valence electrons. The van der Waals surface area contributed by atoms with Gasteiger partial charge in [0.2, 0.25) is 0 Å². The SMILES string of the molecule is Cc1cc(N2CCCC2)n2nc(CN3CCN(C(C)C)CC3)nc2n1. The van der Waals surface area contributed by atoms with Crippen molar-refractivity contribution < 1.29 is 0 Å². The highest BCUT2D eigenvalue weighted by molar-refractivity contribution is 5.48. The highest BCUT2D eigenvalue weighted by atomic mass is 15.4. The Morgan fingerprint density at radius 1 is 1.00 bits per heavy atom. The zero-order chi connectivity index (χ0) is 17.4. The lowest BCUT2D eigenvalue weighted by Crippen LogP contribution is -2.48. The number of aromatic nitrogens is 4. The van der Waals surface area contributed by atoms with Crippen molar-refractivity contribution in [2.45, 2.75) is 46.2 Å². The van der Waals surface area contributed by atoms with Gasteiger partial charge in [0.1, 0.15) is 5.82 Å². The summed E-state index contributed by atoms with van der Waals surface area (Å²) in [5.74, 6) is 2.76. The summed E-state index contributed by atoms with van der Waals surface area (Å²) < 4.78 is 1.94. The Balaban J connectivity index is 1.52. The van der Waals surface area contributed by atoms with E-state index in [1.54, 1.807) is 0 Å². The minimum atomic E-state index is 0.630. The maximum atomic E-state index is 4.79. The second-order valence-corrected chi connectivity index (χ2v) is 7.60. The minimum absolute atomic E-state index is 0.630. The highest BCUT2D eigenvalue weighted by Crippen LogP contribution is 2.21. The van der Waals surface area contributed by atoms with Crippen LogP contribution in [-0.4, -0.2) is 74.7 Å². The number of rotatable bonds is 4. The van der Waals surface area contributed by atoms with E-state index in [0.29, 0.717) is 6.04 Å². The van der Waals surface area contributed by atoms with E-state index in [1.807, 2.05) is 11.4 Å². The molecule has 7 heteroatoms. The molecule has 2 aromatic rings. The lowest BCUT2D eigenvalue weighted by Gasteiger charge is -2.36. The lowest BCUT2D eigenvalue weighted by atomic mass is 10.2. The number of piperazine rings is 1. The molecule has 0 amide bonds. The fourth-order valence-electron chi connectivity index (χ4n) is 3.89. The zero-order valence-corrected chi connectivity index (χ0v) is 15.6. The first-order chi connectivity index (χ1) is 12.1. The molecule has 2 saturated heterocycles. The van der Waals surface area contributed by atoms with Crippen LogP contribution in [0.3, 0.4) is 0 Å². The van der Waals surface area contributed by atoms with Gasteiger partial charge in [0, 0.05) is 57.1 Å². The Kier molecular flexibility index (Phi) is 4.60. The number of aryl methyl sites for hydroxylation is 1. The molecular weight excluding hydrogens is 314 g/mol. The van der Waals surface area contributed by atoms with E-state index in [0.717, 1.165) is 68.9 Å². The van der Waals surface area contributed by atoms with Gasteiger partial charge in [0.05, 0.1) is 6.54 Å². The number of fused-ring (bicyclic) bond motifs is 1. The van der Waals surface area contributed by atoms with E-state index in [4.69, 9.17) is 10.1 Å². The molecule has 0 unspecified atom stereocenters. The monoisotopic (exact) mass is 343 g/mol. The van der Waals surface area contributed by atoms with Gasteiger partial charge in [0.15, 0.2) is 5.82 Å². The molecule has 0 saturated carbocycles. The maximum absolute atomic E-state index is 4.79. The average molecular weight is 343 g/mol. The van der Waals surface area contributed by atoms with Crippen molar-refractivity contribution in [2.75, 3.05) is 44.2 Å². The van der Waals surface area contributed by atoms with Gasteiger partial charge in [-0.2, -0.15) is 9.50 Å². The van der Waals surface area contributed by atoms with Crippen LogP contribution in [-0.2, 0) is 6.54 Å². The van der Waals surface area contributed by atoms with Crippen LogP contribution in [0.25, 0.3) is 5.78 Å². The fraction of sp³-hybridized carbons (Fsp3) is 0.722. The molecule has 0 bridgehead atoms. The summed E-state index contributed by atoms with van der Waals surface area (Å²) in [7, 11) is 0. The Morgan fingerprint density at radius 3 is 2.40 bits per heavy atom. The van der Waals surface area contributed by atoms with Gasteiger partial charge in [-0.3, -0.25) is 9.80 Å². The van der Waals surface area contributed by atoms with Crippen LogP contribution < -0.4 is 4.90 Å². The molecule has 4 heterocycles. The predicted octanol–water partition coefficient (Wildman–Crippen LogP) is 1.56. The molecule has 0 aliphatic carbocycles. The average Bonchev–Trinajstić information content (AvgIpc) is 3.23. The molecule has 2 aliphatic rings. The first kappa shape index (κ1) is 16.7. The standard InChI is InChI=1S/C18H29N7/c1-14(2)23-10-8-22(9-11-23)13-16-20-18-19-15(3)12-17(25(18)21-16)24-6-4-5-7-24/h12,14H,4-11,13H2,1-3H3. The Hall–Kier alpha value is -1.73. The fourth-order valence-corrected chi connectivity index (χ4v) is 3.89. The van der Waals surface area contributed by atoms with Gasteiger partial charge in [-0.25, -0.2) is 4.98 Å². The summed E-state index contributed by atoms with van der Waals surface area (Å²) in [5, 5.41) is 4.79. The van der Waals surface area contributed by atoms with Gasteiger partial charge < -0.3 is 4.90 Å². The summed E-state index contributed by atoms with van der Waals surface area (Å²) >= 11 is 0. The van der Waals surface area contributed by atoms with Crippen molar-refractivity contribution >= 4 is 11.6 Å². The van der Waals surface area contributed by atoms with Crippen molar-refractivity contribution in [3.63, 3.8) is 0 Å².